The van der Waals surface area contributed by atoms with Crippen LogP contribution in [0.15, 0.2) is 47.1 Å². The molecule has 1 aromatic heterocycles. The normalized spacial score (nSPS) is 15.1. The molecular weight excluding hydrogens is 330 g/mol. The molecule has 6 nitrogen and oxygen atoms in total. The van der Waals surface area contributed by atoms with E-state index in [2.05, 4.69) is 5.32 Å². The number of anilines is 1. The van der Waals surface area contributed by atoms with Crippen LogP contribution in [0.1, 0.15) is 33.8 Å². The molecule has 1 aromatic carbocycles. The van der Waals surface area contributed by atoms with Gasteiger partial charge in [0.2, 0.25) is 0 Å². The first-order chi connectivity index (χ1) is 12.6. The molecule has 0 bridgehead atoms. The summed E-state index contributed by atoms with van der Waals surface area (Å²) in [5.41, 5.74) is 1.14. The van der Waals surface area contributed by atoms with Gasteiger partial charge in [-0.25, -0.2) is 0 Å². The second-order valence-corrected chi connectivity index (χ2v) is 6.65. The Balaban J connectivity index is 1.77. The van der Waals surface area contributed by atoms with Gasteiger partial charge in [0.25, 0.3) is 11.8 Å². The lowest BCUT2D eigenvalue weighted by atomic mass is 9.96. The summed E-state index contributed by atoms with van der Waals surface area (Å²) in [6, 6.07) is 10.5. The Morgan fingerprint density at radius 1 is 1.19 bits per heavy atom. The van der Waals surface area contributed by atoms with E-state index in [1.54, 1.807) is 31.3 Å². The molecule has 138 valence electrons. The summed E-state index contributed by atoms with van der Waals surface area (Å²) in [7, 11) is 3.62. The molecule has 1 fully saturated rings. The minimum atomic E-state index is -0.275. The number of benzene rings is 1. The Morgan fingerprint density at radius 3 is 2.58 bits per heavy atom. The minimum Gasteiger partial charge on any atom is -0.459 e. The van der Waals surface area contributed by atoms with Crippen LogP contribution in [0.2, 0.25) is 0 Å². The topological polar surface area (TPSA) is 65.8 Å². The summed E-state index contributed by atoms with van der Waals surface area (Å²) < 4.78 is 5.20. The molecule has 1 N–H and O–H groups in total. The van der Waals surface area contributed by atoms with Crippen molar-refractivity contribution in [2.75, 3.05) is 38.6 Å². The Kier molecular flexibility index (Phi) is 5.73. The third-order valence-corrected chi connectivity index (χ3v) is 4.93. The van der Waals surface area contributed by atoms with Crippen molar-refractivity contribution in [3.8, 4) is 0 Å². The van der Waals surface area contributed by atoms with Gasteiger partial charge in [0, 0.05) is 20.1 Å². The van der Waals surface area contributed by atoms with Crippen molar-refractivity contribution >= 4 is 17.5 Å². The molecule has 6 heteroatoms. The summed E-state index contributed by atoms with van der Waals surface area (Å²) in [5, 5.41) is 3.21. The van der Waals surface area contributed by atoms with E-state index < -0.39 is 0 Å². The molecule has 0 atom stereocenters. The van der Waals surface area contributed by atoms with Crippen molar-refractivity contribution in [3.05, 3.63) is 54.0 Å². The van der Waals surface area contributed by atoms with Crippen molar-refractivity contribution in [2.24, 2.45) is 5.92 Å². The van der Waals surface area contributed by atoms with Crippen LogP contribution >= 0.6 is 0 Å². The van der Waals surface area contributed by atoms with E-state index in [1.807, 2.05) is 24.1 Å². The van der Waals surface area contributed by atoms with Crippen LogP contribution in [-0.4, -0.2) is 50.4 Å². The Morgan fingerprint density at radius 2 is 1.92 bits per heavy atom. The molecule has 26 heavy (non-hydrogen) atoms. The smallest absolute Gasteiger partial charge is 0.293 e. The maximum absolute atomic E-state index is 13.0. The average Bonchev–Trinajstić information content (AvgIpc) is 3.22. The van der Waals surface area contributed by atoms with Gasteiger partial charge in [-0.15, -0.1) is 0 Å². The SMILES string of the molecule is CNCC1CCN(C(=O)c2ccccc2N(C)C(=O)c2ccco2)CC1. The molecule has 2 amide bonds. The van der Waals surface area contributed by atoms with Gasteiger partial charge in [-0.05, 0) is 56.6 Å². The van der Waals surface area contributed by atoms with Crippen molar-refractivity contribution in [1.29, 1.82) is 0 Å². The highest BCUT2D eigenvalue weighted by atomic mass is 16.3. The lowest BCUT2D eigenvalue weighted by Gasteiger charge is -2.33. The molecular formula is C20H25N3O3. The van der Waals surface area contributed by atoms with Crippen molar-refractivity contribution in [3.63, 3.8) is 0 Å². The largest absolute Gasteiger partial charge is 0.459 e. The number of hydrogen-bond donors (Lipinski definition) is 1. The van der Waals surface area contributed by atoms with Crippen LogP contribution in [-0.2, 0) is 0 Å². The highest BCUT2D eigenvalue weighted by molar-refractivity contribution is 6.09. The first kappa shape index (κ1) is 18.2. The fraction of sp³-hybridized carbons (Fsp3) is 0.400. The molecule has 1 aliphatic heterocycles. The summed E-state index contributed by atoms with van der Waals surface area (Å²) in [4.78, 5) is 29.0. The molecule has 0 unspecified atom stereocenters. The van der Waals surface area contributed by atoms with Crippen molar-refractivity contribution < 1.29 is 14.0 Å². The van der Waals surface area contributed by atoms with Gasteiger partial charge in [-0.1, -0.05) is 12.1 Å². The van der Waals surface area contributed by atoms with Gasteiger partial charge in [-0.3, -0.25) is 9.59 Å². The van der Waals surface area contributed by atoms with Crippen LogP contribution in [0.25, 0.3) is 0 Å². The summed E-state index contributed by atoms with van der Waals surface area (Å²) in [6.45, 7) is 2.48. The number of amides is 2. The number of carbonyl (C=O) groups is 2. The van der Waals surface area contributed by atoms with E-state index in [1.165, 1.54) is 11.2 Å². The van der Waals surface area contributed by atoms with Gasteiger partial charge in [0.1, 0.15) is 0 Å². The molecule has 0 spiro atoms. The maximum Gasteiger partial charge on any atom is 0.293 e. The third-order valence-electron chi connectivity index (χ3n) is 4.93. The molecule has 0 saturated carbocycles. The van der Waals surface area contributed by atoms with E-state index >= 15 is 0 Å². The van der Waals surface area contributed by atoms with Crippen molar-refractivity contribution in [2.45, 2.75) is 12.8 Å². The van der Waals surface area contributed by atoms with Gasteiger partial charge < -0.3 is 19.5 Å². The second kappa shape index (κ2) is 8.19. The van der Waals surface area contributed by atoms with Crippen LogP contribution in [0.5, 0.6) is 0 Å². The quantitative estimate of drug-likeness (QED) is 0.895. The number of furan rings is 1. The van der Waals surface area contributed by atoms with Gasteiger partial charge >= 0.3 is 0 Å². The third kappa shape index (κ3) is 3.80. The highest BCUT2D eigenvalue weighted by Gasteiger charge is 2.27. The van der Waals surface area contributed by atoms with E-state index in [9.17, 15) is 9.59 Å². The predicted octanol–water partition coefficient (Wildman–Crippen LogP) is 2.63. The van der Waals surface area contributed by atoms with E-state index in [4.69, 9.17) is 4.42 Å². The van der Waals surface area contributed by atoms with Gasteiger partial charge in [0.05, 0.1) is 17.5 Å². The summed E-state index contributed by atoms with van der Waals surface area (Å²) in [6.07, 6.45) is 3.46. The number of nitrogens with one attached hydrogen (secondary N) is 1. The number of nitrogens with zero attached hydrogens (tertiary/aromatic N) is 2. The lowest BCUT2D eigenvalue weighted by molar-refractivity contribution is 0.0691. The summed E-state index contributed by atoms with van der Waals surface area (Å²) in [5.74, 6) is 0.565. The molecule has 3 rings (SSSR count). The molecule has 1 saturated heterocycles. The van der Waals surface area contributed by atoms with Crippen LogP contribution in [0.3, 0.4) is 0 Å². The zero-order valence-corrected chi connectivity index (χ0v) is 15.3. The Labute approximate surface area is 153 Å². The first-order valence-corrected chi connectivity index (χ1v) is 8.96. The fourth-order valence-corrected chi connectivity index (χ4v) is 3.42. The molecule has 0 aliphatic carbocycles. The monoisotopic (exact) mass is 355 g/mol. The predicted molar refractivity (Wildman–Crippen MR) is 100 cm³/mol. The van der Waals surface area contributed by atoms with Crippen LogP contribution in [0, 0.1) is 5.92 Å². The van der Waals surface area contributed by atoms with Crippen molar-refractivity contribution in [1.82, 2.24) is 10.2 Å². The number of likely N-dealkylation sites (tertiary alicyclic amines) is 1. The number of hydrogen-bond acceptors (Lipinski definition) is 4. The molecule has 0 radical (unpaired) electrons. The zero-order chi connectivity index (χ0) is 18.5. The maximum atomic E-state index is 13.0. The number of carbonyl (C=O) groups excluding carboxylic acids is 2. The van der Waals surface area contributed by atoms with Crippen LogP contribution in [0.4, 0.5) is 5.69 Å². The zero-order valence-electron chi connectivity index (χ0n) is 15.3. The first-order valence-electron chi connectivity index (χ1n) is 8.96. The average molecular weight is 355 g/mol. The van der Waals surface area contributed by atoms with E-state index in [0.717, 1.165) is 32.5 Å². The standard InChI is InChI=1S/C20H25N3O3/c1-21-14-15-9-11-23(12-10-15)19(24)16-6-3-4-7-17(16)22(2)20(25)18-8-5-13-26-18/h3-8,13,15,21H,9-12,14H2,1-2H3. The number of para-hydroxylation sites is 1. The minimum absolute atomic E-state index is 0.0254. The lowest BCUT2D eigenvalue weighted by Crippen LogP contribution is -2.41. The van der Waals surface area contributed by atoms with E-state index in [-0.39, 0.29) is 17.6 Å². The van der Waals surface area contributed by atoms with E-state index in [0.29, 0.717) is 17.2 Å². The Hall–Kier alpha value is -2.60. The van der Waals surface area contributed by atoms with Crippen LogP contribution < -0.4 is 10.2 Å². The molecule has 2 aromatic rings. The Bertz CT molecular complexity index is 749. The number of rotatable bonds is 5. The molecule has 1 aliphatic rings. The molecule has 2 heterocycles. The fourth-order valence-electron chi connectivity index (χ4n) is 3.42. The number of piperidine rings is 1. The second-order valence-electron chi connectivity index (χ2n) is 6.65. The summed E-state index contributed by atoms with van der Waals surface area (Å²) >= 11 is 0. The highest BCUT2D eigenvalue weighted by Crippen LogP contribution is 2.25. The van der Waals surface area contributed by atoms with Gasteiger partial charge in [-0.2, -0.15) is 0 Å². The van der Waals surface area contributed by atoms with Gasteiger partial charge in [0.15, 0.2) is 5.76 Å².